The average Bonchev–Trinajstić information content (AvgIpc) is 3.02. The molecule has 2 aromatic rings. The largest absolute Gasteiger partial charge is 0.392 e. The van der Waals surface area contributed by atoms with E-state index in [0.29, 0.717) is 0 Å². The SMILES string of the molecule is CC[C@H](O)[C@H]1O[C@@H](n2c(=O)n(C[C@@H](C)O)c3cnc(N)nc32)[C@H](O)[C@H]1F. The van der Waals surface area contributed by atoms with Gasteiger partial charge in [-0.1, -0.05) is 6.92 Å². The number of nitrogens with zero attached hydrogens (tertiary/aromatic N) is 4. The van der Waals surface area contributed by atoms with E-state index in [-0.39, 0.29) is 30.1 Å². The van der Waals surface area contributed by atoms with Crippen molar-refractivity contribution in [2.45, 2.75) is 63.6 Å². The van der Waals surface area contributed by atoms with Gasteiger partial charge in [0.2, 0.25) is 5.95 Å². The molecular formula is C15H22FN5O5. The first-order valence-corrected chi connectivity index (χ1v) is 8.33. The molecule has 5 N–H and O–H groups in total. The van der Waals surface area contributed by atoms with Crippen molar-refractivity contribution >= 4 is 17.1 Å². The molecular weight excluding hydrogens is 349 g/mol. The summed E-state index contributed by atoms with van der Waals surface area (Å²) in [5.41, 5.74) is 5.24. The summed E-state index contributed by atoms with van der Waals surface area (Å²) >= 11 is 0. The van der Waals surface area contributed by atoms with E-state index in [9.17, 15) is 24.5 Å². The molecule has 0 aliphatic carbocycles. The summed E-state index contributed by atoms with van der Waals surface area (Å²) in [6.45, 7) is 3.09. The van der Waals surface area contributed by atoms with Crippen molar-refractivity contribution in [1.29, 1.82) is 0 Å². The smallest absolute Gasteiger partial charge is 0.332 e. The van der Waals surface area contributed by atoms with Crippen LogP contribution in [0.5, 0.6) is 0 Å². The highest BCUT2D eigenvalue weighted by molar-refractivity contribution is 5.72. The predicted molar refractivity (Wildman–Crippen MR) is 89.0 cm³/mol. The van der Waals surface area contributed by atoms with Gasteiger partial charge in [0.1, 0.15) is 17.7 Å². The van der Waals surface area contributed by atoms with Crippen LogP contribution in [0.2, 0.25) is 0 Å². The van der Waals surface area contributed by atoms with E-state index in [2.05, 4.69) is 9.97 Å². The minimum Gasteiger partial charge on any atom is -0.392 e. The average molecular weight is 371 g/mol. The van der Waals surface area contributed by atoms with E-state index in [1.165, 1.54) is 17.7 Å². The number of hydrogen-bond acceptors (Lipinski definition) is 8. The molecule has 0 aromatic carbocycles. The van der Waals surface area contributed by atoms with Gasteiger partial charge in [-0.15, -0.1) is 0 Å². The highest BCUT2D eigenvalue weighted by atomic mass is 19.1. The summed E-state index contributed by atoms with van der Waals surface area (Å²) in [6, 6.07) is 0. The zero-order valence-corrected chi connectivity index (χ0v) is 14.4. The minimum absolute atomic E-state index is 0.0473. The van der Waals surface area contributed by atoms with E-state index in [1.54, 1.807) is 6.92 Å². The van der Waals surface area contributed by atoms with Gasteiger partial charge < -0.3 is 25.8 Å². The first-order chi connectivity index (χ1) is 12.3. The van der Waals surface area contributed by atoms with Gasteiger partial charge in [0.15, 0.2) is 18.0 Å². The fraction of sp³-hybridized carbons (Fsp3) is 0.667. The highest BCUT2D eigenvalue weighted by Crippen LogP contribution is 2.34. The molecule has 1 saturated heterocycles. The van der Waals surface area contributed by atoms with Gasteiger partial charge in [0.05, 0.1) is 24.9 Å². The van der Waals surface area contributed by atoms with Crippen LogP contribution in [0.3, 0.4) is 0 Å². The van der Waals surface area contributed by atoms with Crippen LogP contribution in [-0.4, -0.2) is 65.0 Å². The number of anilines is 1. The Bertz CT molecular complexity index is 853. The van der Waals surface area contributed by atoms with Crippen LogP contribution in [-0.2, 0) is 11.3 Å². The molecule has 6 atom stereocenters. The number of ether oxygens (including phenoxy) is 1. The Hall–Kier alpha value is -2.08. The predicted octanol–water partition coefficient (Wildman–Crippen LogP) is -1.08. The number of aliphatic hydroxyl groups excluding tert-OH is 3. The fourth-order valence-corrected chi connectivity index (χ4v) is 3.16. The molecule has 0 spiro atoms. The van der Waals surface area contributed by atoms with Crippen molar-refractivity contribution in [3.8, 4) is 0 Å². The Morgan fingerprint density at radius 2 is 2.15 bits per heavy atom. The number of halogens is 1. The molecule has 1 aliphatic rings. The number of rotatable bonds is 5. The summed E-state index contributed by atoms with van der Waals surface area (Å²) < 4.78 is 22.1. The monoisotopic (exact) mass is 371 g/mol. The van der Waals surface area contributed by atoms with Crippen LogP contribution >= 0.6 is 0 Å². The Kier molecular flexibility index (Phi) is 4.97. The maximum atomic E-state index is 14.4. The topological polar surface area (TPSA) is 149 Å². The third-order valence-corrected chi connectivity index (χ3v) is 4.45. The molecule has 26 heavy (non-hydrogen) atoms. The van der Waals surface area contributed by atoms with E-state index >= 15 is 0 Å². The second-order valence-electron chi connectivity index (χ2n) is 6.45. The molecule has 3 heterocycles. The van der Waals surface area contributed by atoms with Crippen molar-refractivity contribution in [3.63, 3.8) is 0 Å². The quantitative estimate of drug-likeness (QED) is 0.519. The fourth-order valence-electron chi connectivity index (χ4n) is 3.16. The standard InChI is InChI=1S/C15H22FN5O5/c1-3-8(23)11-9(16)10(24)13(26-11)21-12-7(4-18-14(17)19-12)20(15(21)25)5-6(2)22/h4,6,8-11,13,22-24H,3,5H2,1-2H3,(H2,17,18,19)/t6-,8+,9-,10-,11-,13-/m1/s1. The molecule has 3 rings (SSSR count). The Labute approximate surface area is 147 Å². The summed E-state index contributed by atoms with van der Waals surface area (Å²) in [6.07, 6.45) is -6.68. The zero-order chi connectivity index (χ0) is 19.2. The van der Waals surface area contributed by atoms with Gasteiger partial charge in [0.25, 0.3) is 0 Å². The molecule has 0 amide bonds. The Morgan fingerprint density at radius 3 is 2.77 bits per heavy atom. The van der Waals surface area contributed by atoms with E-state index in [1.807, 2.05) is 0 Å². The van der Waals surface area contributed by atoms with E-state index in [0.717, 1.165) is 4.57 Å². The molecule has 0 bridgehead atoms. The molecule has 0 radical (unpaired) electrons. The van der Waals surface area contributed by atoms with Crippen LogP contribution in [0.15, 0.2) is 11.0 Å². The molecule has 1 aliphatic heterocycles. The Morgan fingerprint density at radius 1 is 1.46 bits per heavy atom. The second kappa shape index (κ2) is 6.91. The summed E-state index contributed by atoms with van der Waals surface area (Å²) in [5, 5.41) is 29.8. The minimum atomic E-state index is -1.88. The van der Waals surface area contributed by atoms with E-state index in [4.69, 9.17) is 10.5 Å². The summed E-state index contributed by atoms with van der Waals surface area (Å²) in [4.78, 5) is 20.7. The second-order valence-corrected chi connectivity index (χ2v) is 6.45. The lowest BCUT2D eigenvalue weighted by Crippen LogP contribution is -2.36. The van der Waals surface area contributed by atoms with Gasteiger partial charge in [-0.25, -0.2) is 18.7 Å². The number of nitrogen functional groups attached to an aromatic ring is 1. The van der Waals surface area contributed by atoms with Crippen molar-refractivity contribution in [2.75, 3.05) is 5.73 Å². The van der Waals surface area contributed by atoms with Crippen molar-refractivity contribution < 1.29 is 24.4 Å². The molecule has 2 aromatic heterocycles. The van der Waals surface area contributed by atoms with Crippen LogP contribution in [0.25, 0.3) is 11.2 Å². The van der Waals surface area contributed by atoms with Crippen LogP contribution in [0, 0.1) is 0 Å². The maximum Gasteiger partial charge on any atom is 0.332 e. The number of fused-ring (bicyclic) bond motifs is 1. The lowest BCUT2D eigenvalue weighted by molar-refractivity contribution is -0.0800. The van der Waals surface area contributed by atoms with Crippen molar-refractivity contribution in [2.24, 2.45) is 0 Å². The molecule has 10 nitrogen and oxygen atoms in total. The molecule has 11 heteroatoms. The van der Waals surface area contributed by atoms with Gasteiger partial charge in [-0.05, 0) is 13.3 Å². The van der Waals surface area contributed by atoms with Crippen LogP contribution in [0.4, 0.5) is 10.3 Å². The van der Waals surface area contributed by atoms with Crippen LogP contribution < -0.4 is 11.4 Å². The Balaban J connectivity index is 2.14. The normalized spacial score (nSPS) is 28.5. The summed E-state index contributed by atoms with van der Waals surface area (Å²) in [5.74, 6) is -0.116. The molecule has 0 saturated carbocycles. The number of hydrogen-bond donors (Lipinski definition) is 4. The molecule has 1 fully saturated rings. The number of imidazole rings is 1. The van der Waals surface area contributed by atoms with Crippen molar-refractivity contribution in [1.82, 2.24) is 19.1 Å². The van der Waals surface area contributed by atoms with Gasteiger partial charge in [-0.3, -0.25) is 4.57 Å². The number of alkyl halides is 1. The number of nitrogens with two attached hydrogens (primary N) is 1. The number of aliphatic hydroxyl groups is 3. The lowest BCUT2D eigenvalue weighted by atomic mass is 10.1. The third-order valence-electron chi connectivity index (χ3n) is 4.45. The third kappa shape index (κ3) is 2.96. The van der Waals surface area contributed by atoms with E-state index < -0.39 is 42.5 Å². The van der Waals surface area contributed by atoms with Gasteiger partial charge in [-0.2, -0.15) is 4.98 Å². The van der Waals surface area contributed by atoms with Crippen molar-refractivity contribution in [3.05, 3.63) is 16.7 Å². The first kappa shape index (κ1) is 18.7. The number of aromatic nitrogens is 4. The zero-order valence-electron chi connectivity index (χ0n) is 14.4. The maximum absolute atomic E-state index is 14.4. The van der Waals surface area contributed by atoms with Gasteiger partial charge in [0, 0.05) is 0 Å². The first-order valence-electron chi connectivity index (χ1n) is 8.33. The van der Waals surface area contributed by atoms with Crippen LogP contribution in [0.1, 0.15) is 26.5 Å². The van der Waals surface area contributed by atoms with Gasteiger partial charge >= 0.3 is 5.69 Å². The lowest BCUT2D eigenvalue weighted by Gasteiger charge is -2.18. The molecule has 144 valence electrons. The summed E-state index contributed by atoms with van der Waals surface area (Å²) in [7, 11) is 0. The molecule has 0 unspecified atom stereocenters. The highest BCUT2D eigenvalue weighted by Gasteiger charge is 2.49.